The summed E-state index contributed by atoms with van der Waals surface area (Å²) < 4.78 is 17.3. The Labute approximate surface area is 146 Å². The molecule has 0 atom stereocenters. The minimum Gasteiger partial charge on any atom is -0.481 e. The molecule has 7 nitrogen and oxygen atoms in total. The Morgan fingerprint density at radius 3 is 1.92 bits per heavy atom. The van der Waals surface area contributed by atoms with Gasteiger partial charge in [0.05, 0.1) is 0 Å². The Balaban J connectivity index is 3.93. The van der Waals surface area contributed by atoms with E-state index in [1.165, 1.54) is 0 Å². The maximum atomic E-state index is 11.7. The molecular weight excluding hydrogens is 330 g/mol. The fraction of sp³-hybridized carbons (Fsp3) is 0.875. The molecule has 142 valence electrons. The number of nitrogens with one attached hydrogen (secondary N) is 1. The van der Waals surface area contributed by atoms with E-state index in [2.05, 4.69) is 5.32 Å². The van der Waals surface area contributed by atoms with Crippen molar-refractivity contribution in [2.75, 3.05) is 26.4 Å². The molecule has 0 spiro atoms. The molecule has 0 bridgehead atoms. The molecule has 24 heavy (non-hydrogen) atoms. The third kappa shape index (κ3) is 11.6. The Morgan fingerprint density at radius 1 is 0.875 bits per heavy atom. The second-order valence-corrected chi connectivity index (χ2v) is 8.12. The third-order valence-electron chi connectivity index (χ3n) is 3.37. The monoisotopic (exact) mass is 363 g/mol. The molecule has 8 heteroatoms. The lowest BCUT2D eigenvalue weighted by molar-refractivity contribution is -0.137. The van der Waals surface area contributed by atoms with E-state index < -0.39 is 14.8 Å². The van der Waals surface area contributed by atoms with Gasteiger partial charge in [0.1, 0.15) is 0 Å². The van der Waals surface area contributed by atoms with Crippen LogP contribution in [-0.4, -0.2) is 52.2 Å². The number of amides is 1. The van der Waals surface area contributed by atoms with E-state index in [-0.39, 0.29) is 12.3 Å². The summed E-state index contributed by atoms with van der Waals surface area (Å²) in [6.07, 6.45) is 3.44. The zero-order valence-corrected chi connectivity index (χ0v) is 16.3. The van der Waals surface area contributed by atoms with Crippen LogP contribution in [0.15, 0.2) is 0 Å². The highest BCUT2D eigenvalue weighted by Crippen LogP contribution is 2.17. The molecule has 0 aliphatic carbocycles. The quantitative estimate of drug-likeness (QED) is 0.323. The van der Waals surface area contributed by atoms with Crippen molar-refractivity contribution in [3.05, 3.63) is 0 Å². The molecule has 1 amide bonds. The average Bonchev–Trinajstić information content (AvgIpc) is 2.52. The van der Waals surface area contributed by atoms with E-state index in [1.54, 1.807) is 0 Å². The number of unbranched alkanes of at least 4 members (excludes halogenated alkanes) is 2. The fourth-order valence-electron chi connectivity index (χ4n) is 2.36. The SMILES string of the molecule is CCO[Si](CCCNC(=O)CCCCCC(=O)O)(OCC)OCC. The van der Waals surface area contributed by atoms with Gasteiger partial charge >= 0.3 is 14.8 Å². The molecule has 0 aliphatic heterocycles. The number of aliphatic carboxylic acids is 1. The van der Waals surface area contributed by atoms with Gasteiger partial charge in [0, 0.05) is 45.3 Å². The predicted octanol–water partition coefficient (Wildman–Crippen LogP) is 2.58. The topological polar surface area (TPSA) is 94.1 Å². The van der Waals surface area contributed by atoms with Crippen LogP contribution in [0.5, 0.6) is 0 Å². The minimum atomic E-state index is -2.62. The van der Waals surface area contributed by atoms with E-state index >= 15 is 0 Å². The van der Waals surface area contributed by atoms with Crippen LogP contribution in [0, 0.1) is 0 Å². The molecule has 0 aromatic heterocycles. The summed E-state index contributed by atoms with van der Waals surface area (Å²) in [4.78, 5) is 22.1. The number of hydrogen-bond acceptors (Lipinski definition) is 5. The number of carbonyl (C=O) groups is 2. The second-order valence-electron chi connectivity index (χ2n) is 5.39. The molecule has 0 unspecified atom stereocenters. The van der Waals surface area contributed by atoms with Gasteiger partial charge in [-0.15, -0.1) is 0 Å². The fourth-order valence-corrected chi connectivity index (χ4v) is 4.97. The molecule has 0 saturated heterocycles. The summed E-state index contributed by atoms with van der Waals surface area (Å²) in [5.41, 5.74) is 0. The second kappa shape index (κ2) is 14.4. The minimum absolute atomic E-state index is 0.00169. The maximum absolute atomic E-state index is 11.7. The number of carboxylic acid groups (broad SMARTS) is 1. The summed E-state index contributed by atoms with van der Waals surface area (Å²) in [7, 11) is -2.62. The number of rotatable bonds is 16. The van der Waals surface area contributed by atoms with E-state index in [0.29, 0.717) is 51.7 Å². The molecule has 2 N–H and O–H groups in total. The third-order valence-corrected chi connectivity index (χ3v) is 6.52. The molecular formula is C16H33NO6Si. The molecule has 0 aliphatic rings. The first-order valence-corrected chi connectivity index (χ1v) is 10.8. The first-order chi connectivity index (χ1) is 11.5. The summed E-state index contributed by atoms with van der Waals surface area (Å²) >= 11 is 0. The average molecular weight is 364 g/mol. The van der Waals surface area contributed by atoms with Gasteiger partial charge in [-0.25, -0.2) is 0 Å². The van der Waals surface area contributed by atoms with Gasteiger partial charge in [0.2, 0.25) is 5.91 Å². The summed E-state index contributed by atoms with van der Waals surface area (Å²) in [5.74, 6) is -0.785. The van der Waals surface area contributed by atoms with Crippen molar-refractivity contribution in [1.29, 1.82) is 0 Å². The van der Waals surface area contributed by atoms with Crippen LogP contribution in [0.1, 0.15) is 59.3 Å². The van der Waals surface area contributed by atoms with Crippen molar-refractivity contribution < 1.29 is 28.0 Å². The van der Waals surface area contributed by atoms with Crippen molar-refractivity contribution in [3.8, 4) is 0 Å². The molecule has 0 heterocycles. The lowest BCUT2D eigenvalue weighted by atomic mass is 10.1. The Morgan fingerprint density at radius 2 is 1.42 bits per heavy atom. The van der Waals surface area contributed by atoms with Crippen molar-refractivity contribution in [1.82, 2.24) is 5.32 Å². The van der Waals surface area contributed by atoms with Gasteiger partial charge in [0.25, 0.3) is 0 Å². The highest BCUT2D eigenvalue weighted by Gasteiger charge is 2.39. The van der Waals surface area contributed by atoms with Crippen LogP contribution in [0.2, 0.25) is 6.04 Å². The normalized spacial score (nSPS) is 11.5. The van der Waals surface area contributed by atoms with E-state index in [9.17, 15) is 9.59 Å². The highest BCUT2D eigenvalue weighted by atomic mass is 28.4. The Hall–Kier alpha value is -0.963. The molecule has 0 fully saturated rings. The van der Waals surface area contributed by atoms with Gasteiger partial charge in [-0.05, 0) is 40.0 Å². The zero-order valence-electron chi connectivity index (χ0n) is 15.3. The van der Waals surface area contributed by atoms with Gasteiger partial charge in [0.15, 0.2) is 0 Å². The standard InChI is InChI=1S/C16H33NO6Si/c1-4-21-24(22-5-2,23-6-3)14-10-13-17-15(18)11-8-7-9-12-16(19)20/h4-14H2,1-3H3,(H,17,18)(H,19,20). The van der Waals surface area contributed by atoms with Gasteiger partial charge in [-0.2, -0.15) is 0 Å². The highest BCUT2D eigenvalue weighted by molar-refractivity contribution is 6.60. The van der Waals surface area contributed by atoms with E-state index in [0.717, 1.165) is 12.8 Å². The first-order valence-electron chi connectivity index (χ1n) is 8.90. The van der Waals surface area contributed by atoms with Crippen LogP contribution in [0.25, 0.3) is 0 Å². The predicted molar refractivity (Wildman–Crippen MR) is 93.8 cm³/mol. The molecule has 0 radical (unpaired) electrons. The van der Waals surface area contributed by atoms with Crippen LogP contribution in [0.4, 0.5) is 0 Å². The van der Waals surface area contributed by atoms with Gasteiger partial charge in [-0.1, -0.05) is 6.42 Å². The maximum Gasteiger partial charge on any atom is 0.500 e. The summed E-state index contributed by atoms with van der Waals surface area (Å²) in [6.45, 7) is 7.98. The van der Waals surface area contributed by atoms with Crippen LogP contribution in [-0.2, 0) is 22.9 Å². The molecule has 0 aromatic rings. The smallest absolute Gasteiger partial charge is 0.481 e. The zero-order chi connectivity index (χ0) is 18.3. The van der Waals surface area contributed by atoms with Crippen molar-refractivity contribution in [2.24, 2.45) is 0 Å². The lowest BCUT2D eigenvalue weighted by Crippen LogP contribution is -2.46. The molecule has 0 saturated carbocycles. The van der Waals surface area contributed by atoms with E-state index in [4.69, 9.17) is 18.4 Å². The van der Waals surface area contributed by atoms with E-state index in [1.807, 2.05) is 20.8 Å². The van der Waals surface area contributed by atoms with Gasteiger partial charge in [-0.3, -0.25) is 9.59 Å². The van der Waals surface area contributed by atoms with Gasteiger partial charge < -0.3 is 23.7 Å². The first kappa shape index (κ1) is 23.0. The number of hydrogen-bond donors (Lipinski definition) is 2. The number of carboxylic acids is 1. The molecule has 0 aromatic carbocycles. The number of carbonyl (C=O) groups excluding carboxylic acids is 1. The van der Waals surface area contributed by atoms with Crippen LogP contribution < -0.4 is 5.32 Å². The van der Waals surface area contributed by atoms with Crippen molar-refractivity contribution in [2.45, 2.75) is 65.3 Å². The van der Waals surface area contributed by atoms with Crippen LogP contribution >= 0.6 is 0 Å². The summed E-state index contributed by atoms with van der Waals surface area (Å²) in [6, 6.07) is 0.682. The summed E-state index contributed by atoms with van der Waals surface area (Å²) in [5, 5.41) is 11.4. The van der Waals surface area contributed by atoms with Crippen LogP contribution in [0.3, 0.4) is 0 Å². The largest absolute Gasteiger partial charge is 0.500 e. The lowest BCUT2D eigenvalue weighted by Gasteiger charge is -2.28. The Kier molecular flexibility index (Phi) is 13.8. The van der Waals surface area contributed by atoms with Crippen molar-refractivity contribution >= 4 is 20.7 Å². The van der Waals surface area contributed by atoms with Crippen molar-refractivity contribution in [3.63, 3.8) is 0 Å². The Bertz CT molecular complexity index is 336. The molecule has 0 rings (SSSR count).